The van der Waals surface area contributed by atoms with E-state index >= 15 is 0 Å². The molecule has 0 aliphatic heterocycles. The second kappa shape index (κ2) is 7.95. The molecule has 0 fully saturated rings. The number of carboxylic acid groups (broad SMARTS) is 1. The average Bonchev–Trinajstić information content (AvgIpc) is 2.34. The molecule has 1 aromatic rings. The molecule has 2 N–H and O–H groups in total. The smallest absolute Gasteiger partial charge is 0.337 e. The number of aromatic nitrogens is 1. The Morgan fingerprint density at radius 1 is 1.47 bits per heavy atom. The van der Waals surface area contributed by atoms with Gasteiger partial charge in [-0.05, 0) is 30.9 Å². The SMILES string of the molecule is CSCCCCCNc1cnccc1C(=O)O. The number of hydrogen-bond acceptors (Lipinski definition) is 4. The predicted octanol–water partition coefficient (Wildman–Crippen LogP) is 2.73. The van der Waals surface area contributed by atoms with E-state index in [0.717, 1.165) is 19.4 Å². The molecule has 17 heavy (non-hydrogen) atoms. The van der Waals surface area contributed by atoms with Gasteiger partial charge < -0.3 is 10.4 Å². The van der Waals surface area contributed by atoms with Crippen LogP contribution in [0.2, 0.25) is 0 Å². The van der Waals surface area contributed by atoms with Crippen LogP contribution in [0.3, 0.4) is 0 Å². The first-order valence-corrected chi connectivity index (χ1v) is 7.05. The molecule has 0 saturated heterocycles. The van der Waals surface area contributed by atoms with Crippen LogP contribution >= 0.6 is 11.8 Å². The van der Waals surface area contributed by atoms with Crippen LogP contribution in [0.15, 0.2) is 18.5 Å². The van der Waals surface area contributed by atoms with Gasteiger partial charge in [-0.3, -0.25) is 4.98 Å². The molecular weight excluding hydrogens is 236 g/mol. The standard InChI is InChI=1S/C12H18N2O2S/c1-17-8-4-2-3-6-14-11-9-13-7-5-10(11)12(15)16/h5,7,9,14H,2-4,6,8H2,1H3,(H,15,16). The van der Waals surface area contributed by atoms with E-state index in [2.05, 4.69) is 16.6 Å². The molecule has 1 aromatic heterocycles. The molecule has 0 unspecified atom stereocenters. The molecule has 0 aromatic carbocycles. The van der Waals surface area contributed by atoms with E-state index in [1.54, 1.807) is 6.20 Å². The maximum Gasteiger partial charge on any atom is 0.337 e. The molecule has 0 spiro atoms. The van der Waals surface area contributed by atoms with E-state index in [1.807, 2.05) is 11.8 Å². The Balaban J connectivity index is 2.34. The van der Waals surface area contributed by atoms with Gasteiger partial charge in [0.25, 0.3) is 0 Å². The number of unbranched alkanes of at least 4 members (excludes halogenated alkanes) is 2. The van der Waals surface area contributed by atoms with E-state index in [-0.39, 0.29) is 5.56 Å². The summed E-state index contributed by atoms with van der Waals surface area (Å²) in [6, 6.07) is 1.51. The minimum atomic E-state index is -0.919. The molecule has 4 nitrogen and oxygen atoms in total. The summed E-state index contributed by atoms with van der Waals surface area (Å²) in [4.78, 5) is 14.9. The minimum Gasteiger partial charge on any atom is -0.478 e. The van der Waals surface area contributed by atoms with Crippen LogP contribution in [0.1, 0.15) is 29.6 Å². The van der Waals surface area contributed by atoms with Gasteiger partial charge in [0.05, 0.1) is 17.4 Å². The summed E-state index contributed by atoms with van der Waals surface area (Å²) in [6.07, 6.45) is 8.58. The average molecular weight is 254 g/mol. The Morgan fingerprint density at radius 2 is 2.29 bits per heavy atom. The molecule has 0 radical (unpaired) electrons. The molecular formula is C12H18N2O2S. The Bertz CT molecular complexity index is 358. The van der Waals surface area contributed by atoms with Crippen molar-refractivity contribution in [3.63, 3.8) is 0 Å². The Kier molecular flexibility index (Phi) is 6.47. The summed E-state index contributed by atoms with van der Waals surface area (Å²) in [5.41, 5.74) is 0.883. The summed E-state index contributed by atoms with van der Waals surface area (Å²) < 4.78 is 0. The number of carboxylic acids is 1. The second-order valence-corrected chi connectivity index (χ2v) is 4.69. The number of nitrogens with zero attached hydrogens (tertiary/aromatic N) is 1. The molecule has 0 amide bonds. The van der Waals surface area contributed by atoms with Crippen LogP contribution in [-0.2, 0) is 0 Å². The van der Waals surface area contributed by atoms with Gasteiger partial charge in [-0.25, -0.2) is 4.79 Å². The zero-order valence-corrected chi connectivity index (χ0v) is 10.8. The summed E-state index contributed by atoms with van der Waals surface area (Å²) >= 11 is 1.85. The lowest BCUT2D eigenvalue weighted by Gasteiger charge is -2.08. The number of anilines is 1. The van der Waals surface area contributed by atoms with Gasteiger partial charge in [0.2, 0.25) is 0 Å². The second-order valence-electron chi connectivity index (χ2n) is 3.71. The van der Waals surface area contributed by atoms with Crippen LogP contribution in [0.4, 0.5) is 5.69 Å². The van der Waals surface area contributed by atoms with Crippen molar-refractivity contribution in [2.45, 2.75) is 19.3 Å². The predicted molar refractivity (Wildman–Crippen MR) is 71.9 cm³/mol. The third-order valence-electron chi connectivity index (χ3n) is 2.39. The first-order chi connectivity index (χ1) is 8.25. The van der Waals surface area contributed by atoms with Gasteiger partial charge in [0.15, 0.2) is 0 Å². The van der Waals surface area contributed by atoms with Crippen molar-refractivity contribution in [3.05, 3.63) is 24.0 Å². The van der Waals surface area contributed by atoms with E-state index < -0.39 is 5.97 Å². The molecule has 0 aliphatic carbocycles. The summed E-state index contributed by atoms with van der Waals surface area (Å²) in [5, 5.41) is 12.1. The summed E-state index contributed by atoms with van der Waals surface area (Å²) in [6.45, 7) is 0.792. The summed E-state index contributed by atoms with van der Waals surface area (Å²) in [7, 11) is 0. The highest BCUT2D eigenvalue weighted by molar-refractivity contribution is 7.98. The van der Waals surface area contributed by atoms with Crippen molar-refractivity contribution in [3.8, 4) is 0 Å². The molecule has 1 heterocycles. The normalized spacial score (nSPS) is 10.2. The first-order valence-electron chi connectivity index (χ1n) is 5.66. The van der Waals surface area contributed by atoms with E-state index in [9.17, 15) is 4.79 Å². The molecule has 0 atom stereocenters. The van der Waals surface area contributed by atoms with Crippen LogP contribution < -0.4 is 5.32 Å². The number of pyridine rings is 1. The van der Waals surface area contributed by atoms with Gasteiger partial charge in [0.1, 0.15) is 0 Å². The topological polar surface area (TPSA) is 62.2 Å². The van der Waals surface area contributed by atoms with Gasteiger partial charge in [-0.15, -0.1) is 0 Å². The quantitative estimate of drug-likeness (QED) is 0.698. The van der Waals surface area contributed by atoms with Crippen molar-refractivity contribution in [1.82, 2.24) is 4.98 Å². The highest BCUT2D eigenvalue weighted by Gasteiger charge is 2.08. The maximum absolute atomic E-state index is 10.9. The lowest BCUT2D eigenvalue weighted by Crippen LogP contribution is -2.08. The highest BCUT2D eigenvalue weighted by atomic mass is 32.2. The Labute approximate surface area is 106 Å². The third-order valence-corrected chi connectivity index (χ3v) is 3.09. The van der Waals surface area contributed by atoms with Gasteiger partial charge in [-0.1, -0.05) is 6.42 Å². The molecule has 0 saturated carbocycles. The molecule has 94 valence electrons. The Morgan fingerprint density at radius 3 is 3.00 bits per heavy atom. The Hall–Kier alpha value is -1.23. The zero-order chi connectivity index (χ0) is 12.5. The number of hydrogen-bond donors (Lipinski definition) is 2. The maximum atomic E-state index is 10.9. The van der Waals surface area contributed by atoms with E-state index in [0.29, 0.717) is 5.69 Å². The lowest BCUT2D eigenvalue weighted by atomic mass is 10.2. The third kappa shape index (κ3) is 5.08. The minimum absolute atomic E-state index is 0.282. The van der Waals surface area contributed by atoms with Crippen molar-refractivity contribution in [2.24, 2.45) is 0 Å². The zero-order valence-electron chi connectivity index (χ0n) is 9.98. The number of carbonyl (C=O) groups is 1. The number of aromatic carboxylic acids is 1. The fourth-order valence-corrected chi connectivity index (χ4v) is 1.99. The molecule has 0 bridgehead atoms. The largest absolute Gasteiger partial charge is 0.478 e. The number of thioether (sulfide) groups is 1. The highest BCUT2D eigenvalue weighted by Crippen LogP contribution is 2.13. The monoisotopic (exact) mass is 254 g/mol. The van der Waals surface area contributed by atoms with Crippen LogP contribution in [0, 0.1) is 0 Å². The van der Waals surface area contributed by atoms with Crippen molar-refractivity contribution in [2.75, 3.05) is 23.9 Å². The molecule has 1 rings (SSSR count). The van der Waals surface area contributed by atoms with Crippen LogP contribution in [0.25, 0.3) is 0 Å². The van der Waals surface area contributed by atoms with Crippen molar-refractivity contribution >= 4 is 23.4 Å². The molecule has 0 aliphatic rings. The molecule has 5 heteroatoms. The number of rotatable bonds is 8. The van der Waals surface area contributed by atoms with Crippen molar-refractivity contribution in [1.29, 1.82) is 0 Å². The number of nitrogens with one attached hydrogen (secondary N) is 1. The fourth-order valence-electron chi connectivity index (χ4n) is 1.49. The van der Waals surface area contributed by atoms with Gasteiger partial charge in [-0.2, -0.15) is 11.8 Å². The van der Waals surface area contributed by atoms with Crippen LogP contribution in [-0.4, -0.2) is 34.6 Å². The first kappa shape index (κ1) is 13.8. The van der Waals surface area contributed by atoms with E-state index in [4.69, 9.17) is 5.11 Å². The fraction of sp³-hybridized carbons (Fsp3) is 0.500. The van der Waals surface area contributed by atoms with Crippen molar-refractivity contribution < 1.29 is 9.90 Å². The van der Waals surface area contributed by atoms with E-state index in [1.165, 1.54) is 24.4 Å². The van der Waals surface area contributed by atoms with Crippen LogP contribution in [0.5, 0.6) is 0 Å². The summed E-state index contributed by atoms with van der Waals surface area (Å²) in [5.74, 6) is 0.269. The lowest BCUT2D eigenvalue weighted by molar-refractivity contribution is 0.0698. The van der Waals surface area contributed by atoms with Gasteiger partial charge >= 0.3 is 5.97 Å². The van der Waals surface area contributed by atoms with Gasteiger partial charge in [0, 0.05) is 12.7 Å².